The van der Waals surface area contributed by atoms with Crippen LogP contribution in [0.4, 0.5) is 0 Å². The van der Waals surface area contributed by atoms with Crippen LogP contribution in [0.1, 0.15) is 62.4 Å². The molecule has 2 fully saturated rings. The number of methoxy groups -OCH3 is 1. The number of nitrogens with one attached hydrogen (secondary N) is 1. The molecule has 2 N–H and O–H groups in total. The zero-order valence-corrected chi connectivity index (χ0v) is 21.6. The highest BCUT2D eigenvalue weighted by Crippen LogP contribution is 2.30. The van der Waals surface area contributed by atoms with Crippen LogP contribution in [0, 0.1) is 5.92 Å². The molecule has 4 rings (SSSR count). The van der Waals surface area contributed by atoms with Gasteiger partial charge < -0.3 is 29.4 Å². The summed E-state index contributed by atoms with van der Waals surface area (Å²) >= 11 is 0. The first-order valence-electron chi connectivity index (χ1n) is 13.0. The fourth-order valence-electron chi connectivity index (χ4n) is 4.93. The third kappa shape index (κ3) is 6.54. The molecule has 204 valence electrons. The van der Waals surface area contributed by atoms with Crippen molar-refractivity contribution in [2.75, 3.05) is 7.11 Å². The number of esters is 2. The molecule has 0 spiro atoms. The van der Waals surface area contributed by atoms with Crippen LogP contribution in [-0.4, -0.2) is 59.4 Å². The first kappa shape index (κ1) is 27.2. The number of rotatable bonds is 7. The average molecular weight is 527 g/mol. The predicted octanol–water partition coefficient (Wildman–Crippen LogP) is 3.56. The number of ether oxygens (including phenoxy) is 4. The van der Waals surface area contributed by atoms with Crippen LogP contribution >= 0.6 is 0 Å². The lowest BCUT2D eigenvalue weighted by atomic mass is 10.0. The van der Waals surface area contributed by atoms with Gasteiger partial charge in [0.15, 0.2) is 23.3 Å². The van der Waals surface area contributed by atoms with Crippen LogP contribution in [0.15, 0.2) is 42.6 Å². The Kier molecular flexibility index (Phi) is 9.04. The Morgan fingerprint density at radius 2 is 1.79 bits per heavy atom. The van der Waals surface area contributed by atoms with Crippen molar-refractivity contribution in [2.24, 2.45) is 5.92 Å². The summed E-state index contributed by atoms with van der Waals surface area (Å²) in [5.74, 6) is -1.61. The average Bonchev–Trinajstić information content (AvgIpc) is 3.47. The molecule has 1 aliphatic heterocycles. The Balaban J connectivity index is 1.52. The van der Waals surface area contributed by atoms with Gasteiger partial charge in [-0.15, -0.1) is 0 Å². The lowest BCUT2D eigenvalue weighted by Gasteiger charge is -2.31. The van der Waals surface area contributed by atoms with E-state index in [9.17, 15) is 19.5 Å². The summed E-state index contributed by atoms with van der Waals surface area (Å²) < 4.78 is 23.0. The van der Waals surface area contributed by atoms with Crippen molar-refractivity contribution >= 4 is 17.8 Å². The van der Waals surface area contributed by atoms with Gasteiger partial charge in [0, 0.05) is 12.3 Å². The van der Waals surface area contributed by atoms with Gasteiger partial charge in [-0.3, -0.25) is 9.59 Å². The summed E-state index contributed by atoms with van der Waals surface area (Å²) in [4.78, 5) is 42.9. The van der Waals surface area contributed by atoms with Crippen molar-refractivity contribution in [1.82, 2.24) is 10.3 Å². The molecule has 2 aromatic rings. The number of pyridine rings is 1. The van der Waals surface area contributed by atoms with E-state index in [1.807, 2.05) is 30.3 Å². The van der Waals surface area contributed by atoms with Gasteiger partial charge >= 0.3 is 11.9 Å². The third-order valence-electron chi connectivity index (χ3n) is 7.00. The monoisotopic (exact) mass is 526 g/mol. The second-order valence-corrected chi connectivity index (χ2v) is 9.66. The highest BCUT2D eigenvalue weighted by atomic mass is 16.6. The molecule has 2 aliphatic rings. The molecule has 10 nitrogen and oxygen atoms in total. The Labute approximate surface area is 221 Å². The van der Waals surface area contributed by atoms with Gasteiger partial charge in [0.25, 0.3) is 5.91 Å². The maximum absolute atomic E-state index is 13.1. The molecule has 0 bridgehead atoms. The SMILES string of the molecule is COc1ccnc(C(=O)N[C@H]2CCC[C@H](Oc3ccccc3)[C@@H](OC(=O)C3CCCC3)[C@H](C)OC2=O)c1O. The number of nitrogens with zero attached hydrogens (tertiary/aromatic N) is 1. The summed E-state index contributed by atoms with van der Waals surface area (Å²) in [5.41, 5.74) is -0.265. The fourth-order valence-corrected chi connectivity index (χ4v) is 4.93. The lowest BCUT2D eigenvalue weighted by Crippen LogP contribution is -2.47. The van der Waals surface area contributed by atoms with Crippen LogP contribution < -0.4 is 14.8 Å². The number of para-hydroxylation sites is 1. The smallest absolute Gasteiger partial charge is 0.329 e. The summed E-state index contributed by atoms with van der Waals surface area (Å²) in [5, 5.41) is 12.9. The Bertz CT molecular complexity index is 1120. The standard InChI is InChI=1S/C28H34N2O8/c1-17-25(38-27(33)18-9-6-7-10-18)22(37-19-11-4-3-5-12-19)14-8-13-20(28(34)36-17)30-26(32)23-24(31)21(35-2)15-16-29-23/h3-5,11-12,15-18,20,22,25,31H,6-10,13-14H2,1-2H3,(H,30,32)/t17-,20-,22-,25-/m0/s1. The third-order valence-corrected chi connectivity index (χ3v) is 7.00. The van der Waals surface area contributed by atoms with E-state index in [0.29, 0.717) is 18.6 Å². The number of cyclic esters (lactones) is 1. The Morgan fingerprint density at radius 3 is 2.50 bits per heavy atom. The quantitative estimate of drug-likeness (QED) is 0.520. The lowest BCUT2D eigenvalue weighted by molar-refractivity contribution is -0.177. The van der Waals surface area contributed by atoms with Gasteiger partial charge in [0.2, 0.25) is 0 Å². The van der Waals surface area contributed by atoms with E-state index < -0.39 is 42.0 Å². The van der Waals surface area contributed by atoms with Crippen molar-refractivity contribution in [2.45, 2.75) is 76.2 Å². The second kappa shape index (κ2) is 12.6. The van der Waals surface area contributed by atoms with E-state index in [-0.39, 0.29) is 29.8 Å². The minimum absolute atomic E-state index is 0.0867. The second-order valence-electron chi connectivity index (χ2n) is 9.66. The molecule has 38 heavy (non-hydrogen) atoms. The number of hydrogen-bond donors (Lipinski definition) is 2. The molecule has 0 unspecified atom stereocenters. The topological polar surface area (TPSA) is 133 Å². The number of amides is 1. The maximum atomic E-state index is 13.1. The molecule has 1 aromatic heterocycles. The van der Waals surface area contributed by atoms with E-state index in [4.69, 9.17) is 18.9 Å². The highest BCUT2D eigenvalue weighted by molar-refractivity contribution is 5.97. The Hall–Kier alpha value is -3.82. The minimum atomic E-state index is -1.00. The van der Waals surface area contributed by atoms with Crippen molar-refractivity contribution in [3.8, 4) is 17.2 Å². The number of aromatic hydroxyl groups is 1. The van der Waals surface area contributed by atoms with E-state index in [0.717, 1.165) is 25.7 Å². The van der Waals surface area contributed by atoms with E-state index >= 15 is 0 Å². The van der Waals surface area contributed by atoms with Crippen LogP contribution in [-0.2, 0) is 19.1 Å². The van der Waals surface area contributed by atoms with Gasteiger partial charge in [0.05, 0.1) is 13.0 Å². The molecule has 1 aliphatic carbocycles. The Morgan fingerprint density at radius 1 is 1.05 bits per heavy atom. The fraction of sp³-hybridized carbons (Fsp3) is 0.500. The molecule has 10 heteroatoms. The van der Waals surface area contributed by atoms with Gasteiger partial charge in [-0.2, -0.15) is 0 Å². The molecular formula is C28H34N2O8. The van der Waals surface area contributed by atoms with Gasteiger partial charge in [-0.05, 0) is 51.2 Å². The summed E-state index contributed by atoms with van der Waals surface area (Å²) in [6.45, 7) is 1.66. The van der Waals surface area contributed by atoms with Gasteiger partial charge in [-0.25, -0.2) is 9.78 Å². The maximum Gasteiger partial charge on any atom is 0.329 e. The summed E-state index contributed by atoms with van der Waals surface area (Å²) in [6, 6.07) is 9.62. The molecule has 0 radical (unpaired) electrons. The van der Waals surface area contributed by atoms with Crippen molar-refractivity contribution in [1.29, 1.82) is 0 Å². The summed E-state index contributed by atoms with van der Waals surface area (Å²) in [6.07, 6.45) is 3.80. The molecule has 4 atom stereocenters. The van der Waals surface area contributed by atoms with Crippen molar-refractivity contribution in [3.63, 3.8) is 0 Å². The minimum Gasteiger partial charge on any atom is -0.503 e. The number of carbonyl (C=O) groups is 3. The zero-order valence-electron chi connectivity index (χ0n) is 21.6. The normalized spacial score (nSPS) is 24.3. The predicted molar refractivity (Wildman–Crippen MR) is 136 cm³/mol. The molecule has 1 saturated heterocycles. The van der Waals surface area contributed by atoms with Gasteiger partial charge in [-0.1, -0.05) is 31.0 Å². The molecule has 2 heterocycles. The number of carbonyl (C=O) groups excluding carboxylic acids is 3. The zero-order chi connectivity index (χ0) is 27.1. The molecule has 1 saturated carbocycles. The van der Waals surface area contributed by atoms with E-state index in [1.54, 1.807) is 6.92 Å². The first-order chi connectivity index (χ1) is 18.4. The van der Waals surface area contributed by atoms with Crippen molar-refractivity contribution < 1.29 is 38.4 Å². The van der Waals surface area contributed by atoms with E-state index in [2.05, 4.69) is 10.3 Å². The van der Waals surface area contributed by atoms with Crippen LogP contribution in [0.2, 0.25) is 0 Å². The van der Waals surface area contributed by atoms with E-state index in [1.165, 1.54) is 19.4 Å². The number of aromatic nitrogens is 1. The highest BCUT2D eigenvalue weighted by Gasteiger charge is 2.39. The molecule has 1 amide bonds. The molecular weight excluding hydrogens is 492 g/mol. The van der Waals surface area contributed by atoms with Crippen LogP contribution in [0.25, 0.3) is 0 Å². The number of benzene rings is 1. The number of hydrogen-bond acceptors (Lipinski definition) is 9. The summed E-state index contributed by atoms with van der Waals surface area (Å²) in [7, 11) is 1.36. The largest absolute Gasteiger partial charge is 0.503 e. The van der Waals surface area contributed by atoms with Crippen LogP contribution in [0.5, 0.6) is 17.2 Å². The van der Waals surface area contributed by atoms with Crippen LogP contribution in [0.3, 0.4) is 0 Å². The molecule has 1 aromatic carbocycles. The van der Waals surface area contributed by atoms with Crippen molar-refractivity contribution in [3.05, 3.63) is 48.3 Å². The van der Waals surface area contributed by atoms with Gasteiger partial charge in [0.1, 0.15) is 24.0 Å². The first-order valence-corrected chi connectivity index (χ1v) is 13.0.